The van der Waals surface area contributed by atoms with Crippen LogP contribution in [-0.2, 0) is 16.0 Å². The van der Waals surface area contributed by atoms with Crippen molar-refractivity contribution in [2.75, 3.05) is 50.7 Å². The third-order valence-electron chi connectivity index (χ3n) is 5.13. The number of para-hydroxylation sites is 1. The van der Waals surface area contributed by atoms with Gasteiger partial charge in [0.05, 0.1) is 0 Å². The summed E-state index contributed by atoms with van der Waals surface area (Å²) in [4.78, 5) is 34.7. The average molecular weight is 371 g/mol. The molecular weight excluding hydrogens is 342 g/mol. The Kier molecular flexibility index (Phi) is 6.32. The number of rotatable bonds is 3. The van der Waals surface area contributed by atoms with Crippen molar-refractivity contribution in [1.82, 2.24) is 15.1 Å². The molecule has 0 bridgehead atoms. The Hall–Kier alpha value is -2.57. The maximum Gasteiger partial charge on any atom is 0.248 e. The van der Waals surface area contributed by atoms with Crippen LogP contribution in [0, 0.1) is 0 Å². The molecule has 7 heteroatoms. The lowest BCUT2D eigenvalue weighted by molar-refractivity contribution is -0.130. The molecule has 0 aliphatic carbocycles. The van der Waals surface area contributed by atoms with E-state index in [9.17, 15) is 9.59 Å². The van der Waals surface area contributed by atoms with Gasteiger partial charge in [-0.2, -0.15) is 0 Å². The smallest absolute Gasteiger partial charge is 0.248 e. The molecule has 1 saturated heterocycles. The van der Waals surface area contributed by atoms with Crippen molar-refractivity contribution in [1.29, 1.82) is 0 Å². The highest BCUT2D eigenvalue weighted by atomic mass is 16.2. The molecule has 3 rings (SSSR count). The van der Waals surface area contributed by atoms with Crippen molar-refractivity contribution >= 4 is 23.5 Å². The van der Waals surface area contributed by atoms with E-state index in [1.54, 1.807) is 6.92 Å². The van der Waals surface area contributed by atoms with Crippen molar-refractivity contribution in [3.63, 3.8) is 0 Å². The predicted molar refractivity (Wildman–Crippen MR) is 107 cm³/mol. The third-order valence-corrected chi connectivity index (χ3v) is 5.13. The van der Waals surface area contributed by atoms with Gasteiger partial charge in [0, 0.05) is 51.9 Å². The summed E-state index contributed by atoms with van der Waals surface area (Å²) in [5.41, 5.74) is 2.25. The van der Waals surface area contributed by atoms with Crippen molar-refractivity contribution in [2.45, 2.75) is 26.7 Å². The first-order valence-electron chi connectivity index (χ1n) is 9.77. The number of aliphatic imine (C=N–C) groups is 1. The lowest BCUT2D eigenvalue weighted by Gasteiger charge is -2.36. The maximum atomic E-state index is 12.8. The van der Waals surface area contributed by atoms with Crippen LogP contribution in [0.5, 0.6) is 0 Å². The van der Waals surface area contributed by atoms with Crippen LogP contribution in [0.1, 0.15) is 25.8 Å². The standard InChI is InChI=1S/C20H29N5O2/c1-3-21-20(24-13-11-23(12-14-24)16(2)26)22-15-19(27)25-10-6-8-17-7-4-5-9-18(17)25/h4-5,7,9H,3,6,8,10-15H2,1-2H3,(H,21,22). The van der Waals surface area contributed by atoms with Gasteiger partial charge in [0.1, 0.15) is 6.54 Å². The molecule has 2 aliphatic rings. The SMILES string of the molecule is CCNC(=NCC(=O)N1CCCc2ccccc21)N1CCN(C(C)=O)CC1. The molecule has 0 spiro atoms. The van der Waals surface area contributed by atoms with Crippen LogP contribution < -0.4 is 10.2 Å². The number of hydrogen-bond donors (Lipinski definition) is 1. The molecule has 2 amide bonds. The number of aryl methyl sites for hydroxylation is 1. The number of amides is 2. The molecule has 0 unspecified atom stereocenters. The Bertz CT molecular complexity index is 710. The van der Waals surface area contributed by atoms with Gasteiger partial charge >= 0.3 is 0 Å². The van der Waals surface area contributed by atoms with Gasteiger partial charge in [0.25, 0.3) is 0 Å². The molecule has 27 heavy (non-hydrogen) atoms. The molecular formula is C20H29N5O2. The van der Waals surface area contributed by atoms with Crippen molar-refractivity contribution in [3.05, 3.63) is 29.8 Å². The number of benzene rings is 1. The van der Waals surface area contributed by atoms with Crippen molar-refractivity contribution < 1.29 is 9.59 Å². The molecule has 7 nitrogen and oxygen atoms in total. The monoisotopic (exact) mass is 371 g/mol. The van der Waals surface area contributed by atoms with Crippen LogP contribution >= 0.6 is 0 Å². The number of carbonyl (C=O) groups is 2. The summed E-state index contributed by atoms with van der Waals surface area (Å²) >= 11 is 0. The molecule has 2 aliphatic heterocycles. The van der Waals surface area contributed by atoms with Crippen LogP contribution in [0.15, 0.2) is 29.3 Å². The van der Waals surface area contributed by atoms with Gasteiger partial charge in [-0.3, -0.25) is 9.59 Å². The van der Waals surface area contributed by atoms with E-state index in [1.165, 1.54) is 5.56 Å². The Morgan fingerprint density at radius 1 is 1.07 bits per heavy atom. The topological polar surface area (TPSA) is 68.2 Å². The van der Waals surface area contributed by atoms with E-state index in [1.807, 2.05) is 34.9 Å². The quantitative estimate of drug-likeness (QED) is 0.638. The summed E-state index contributed by atoms with van der Waals surface area (Å²) in [7, 11) is 0. The molecule has 146 valence electrons. The van der Waals surface area contributed by atoms with Gasteiger partial charge in [-0.15, -0.1) is 0 Å². The predicted octanol–water partition coefficient (Wildman–Crippen LogP) is 1.10. The molecule has 0 radical (unpaired) electrons. The lowest BCUT2D eigenvalue weighted by atomic mass is 10.0. The summed E-state index contributed by atoms with van der Waals surface area (Å²) in [5.74, 6) is 0.884. The highest BCUT2D eigenvalue weighted by molar-refractivity contribution is 5.97. The number of fused-ring (bicyclic) bond motifs is 1. The van der Waals surface area contributed by atoms with Gasteiger partial charge in [0.2, 0.25) is 11.8 Å². The molecule has 0 aromatic heterocycles. The summed E-state index contributed by atoms with van der Waals surface area (Å²) in [6.07, 6.45) is 2.01. The number of piperazine rings is 1. The molecule has 0 atom stereocenters. The minimum atomic E-state index is 0.0277. The fourth-order valence-corrected chi connectivity index (χ4v) is 3.68. The van der Waals surface area contributed by atoms with E-state index in [-0.39, 0.29) is 18.4 Å². The second-order valence-electron chi connectivity index (χ2n) is 6.94. The minimum Gasteiger partial charge on any atom is -0.357 e. The summed E-state index contributed by atoms with van der Waals surface area (Å²) < 4.78 is 0. The van der Waals surface area contributed by atoms with Gasteiger partial charge in [0.15, 0.2) is 5.96 Å². The zero-order valence-electron chi connectivity index (χ0n) is 16.3. The van der Waals surface area contributed by atoms with E-state index in [2.05, 4.69) is 21.3 Å². The second kappa shape index (κ2) is 8.88. The first-order valence-corrected chi connectivity index (χ1v) is 9.77. The maximum absolute atomic E-state index is 12.8. The largest absolute Gasteiger partial charge is 0.357 e. The summed E-state index contributed by atoms with van der Waals surface area (Å²) in [5, 5.41) is 3.28. The summed E-state index contributed by atoms with van der Waals surface area (Å²) in [6, 6.07) is 8.11. The summed E-state index contributed by atoms with van der Waals surface area (Å²) in [6.45, 7) is 8.07. The normalized spacial score (nSPS) is 17.6. The fraction of sp³-hybridized carbons (Fsp3) is 0.550. The molecule has 1 N–H and O–H groups in total. The average Bonchev–Trinajstić information content (AvgIpc) is 2.70. The second-order valence-corrected chi connectivity index (χ2v) is 6.94. The Morgan fingerprint density at radius 2 is 1.78 bits per heavy atom. The zero-order valence-corrected chi connectivity index (χ0v) is 16.3. The number of nitrogens with zero attached hydrogens (tertiary/aromatic N) is 4. The Morgan fingerprint density at radius 3 is 2.48 bits per heavy atom. The number of guanidine groups is 1. The number of hydrogen-bond acceptors (Lipinski definition) is 3. The van der Waals surface area contributed by atoms with Gasteiger partial charge in [-0.1, -0.05) is 18.2 Å². The first-order chi connectivity index (χ1) is 13.1. The van der Waals surface area contributed by atoms with Gasteiger partial charge in [-0.25, -0.2) is 4.99 Å². The molecule has 1 fully saturated rings. The van der Waals surface area contributed by atoms with Crippen LogP contribution in [-0.4, -0.2) is 73.4 Å². The molecule has 1 aromatic carbocycles. The van der Waals surface area contributed by atoms with Crippen LogP contribution in [0.2, 0.25) is 0 Å². The van der Waals surface area contributed by atoms with Gasteiger partial charge in [-0.05, 0) is 31.4 Å². The lowest BCUT2D eigenvalue weighted by Crippen LogP contribution is -2.53. The highest BCUT2D eigenvalue weighted by Gasteiger charge is 2.24. The van der Waals surface area contributed by atoms with E-state index in [0.29, 0.717) is 13.1 Å². The highest BCUT2D eigenvalue weighted by Crippen LogP contribution is 2.26. The van der Waals surface area contributed by atoms with Crippen LogP contribution in [0.3, 0.4) is 0 Å². The van der Waals surface area contributed by atoms with Crippen molar-refractivity contribution in [3.8, 4) is 0 Å². The number of carbonyl (C=O) groups excluding carboxylic acids is 2. The third kappa shape index (κ3) is 4.59. The fourth-order valence-electron chi connectivity index (χ4n) is 3.68. The molecule has 1 aromatic rings. The van der Waals surface area contributed by atoms with E-state index in [0.717, 1.165) is 50.7 Å². The Balaban J connectivity index is 1.65. The number of anilines is 1. The van der Waals surface area contributed by atoms with Crippen LogP contribution in [0.25, 0.3) is 0 Å². The first kappa shape index (κ1) is 19.2. The van der Waals surface area contributed by atoms with Crippen molar-refractivity contribution in [2.24, 2.45) is 4.99 Å². The molecule has 2 heterocycles. The number of nitrogens with one attached hydrogen (secondary N) is 1. The van der Waals surface area contributed by atoms with E-state index < -0.39 is 0 Å². The van der Waals surface area contributed by atoms with E-state index >= 15 is 0 Å². The van der Waals surface area contributed by atoms with Gasteiger partial charge < -0.3 is 20.0 Å². The minimum absolute atomic E-state index is 0.0277. The Labute approximate surface area is 161 Å². The zero-order chi connectivity index (χ0) is 19.2. The van der Waals surface area contributed by atoms with Crippen LogP contribution in [0.4, 0.5) is 5.69 Å². The van der Waals surface area contributed by atoms with E-state index in [4.69, 9.17) is 0 Å². The molecule has 0 saturated carbocycles.